The first-order valence-electron chi connectivity index (χ1n) is 8.68. The summed E-state index contributed by atoms with van der Waals surface area (Å²) in [7, 11) is 0. The fourth-order valence-corrected chi connectivity index (χ4v) is 3.03. The molecule has 1 aliphatic rings. The third kappa shape index (κ3) is 5.05. The van der Waals surface area contributed by atoms with Gasteiger partial charge in [0.05, 0.1) is 0 Å². The normalized spacial score (nSPS) is 16.6. The van der Waals surface area contributed by atoms with Crippen LogP contribution >= 0.6 is 0 Å². The van der Waals surface area contributed by atoms with Crippen LogP contribution in [0.2, 0.25) is 0 Å². The number of hydrogen-bond acceptors (Lipinski definition) is 2. The predicted octanol–water partition coefficient (Wildman–Crippen LogP) is 2.67. The highest BCUT2D eigenvalue weighted by Gasteiger charge is 2.29. The van der Waals surface area contributed by atoms with Gasteiger partial charge in [-0.05, 0) is 23.3 Å². The number of carbonyl (C=O) groups is 2. The lowest BCUT2D eigenvalue weighted by Crippen LogP contribution is -2.38. The zero-order valence-electron chi connectivity index (χ0n) is 14.5. The minimum absolute atomic E-state index is 0.114. The van der Waals surface area contributed by atoms with Gasteiger partial charge in [-0.3, -0.25) is 4.79 Å². The molecule has 1 heterocycles. The van der Waals surface area contributed by atoms with Gasteiger partial charge in [-0.1, -0.05) is 42.5 Å². The van der Waals surface area contributed by atoms with E-state index in [1.54, 1.807) is 12.1 Å². The monoisotopic (exact) mass is 355 g/mol. The van der Waals surface area contributed by atoms with Crippen LogP contribution in [0, 0.1) is 11.7 Å². The smallest absolute Gasteiger partial charge is 0.315 e. The Morgan fingerprint density at radius 2 is 1.77 bits per heavy atom. The summed E-state index contributed by atoms with van der Waals surface area (Å²) in [5.74, 6) is -0.0701. The second kappa shape index (κ2) is 8.47. The molecule has 0 aliphatic carbocycles. The average Bonchev–Trinajstić information content (AvgIpc) is 3.00. The third-order valence-corrected chi connectivity index (χ3v) is 4.43. The first-order chi connectivity index (χ1) is 12.6. The van der Waals surface area contributed by atoms with Crippen LogP contribution in [-0.2, 0) is 17.9 Å². The standard InChI is InChI=1S/C20H22FN3O2/c21-18-8-6-15(7-9-18)11-22-20(26)23-12-17-10-19(25)24(14-17)13-16-4-2-1-3-5-16/h1-9,17H,10-14H2,(H2,22,23,26)/t17-/m1/s1. The molecule has 6 heteroatoms. The maximum absolute atomic E-state index is 12.8. The second-order valence-corrected chi connectivity index (χ2v) is 6.52. The largest absolute Gasteiger partial charge is 0.338 e. The van der Waals surface area contributed by atoms with Crippen molar-refractivity contribution in [3.8, 4) is 0 Å². The van der Waals surface area contributed by atoms with E-state index in [0.717, 1.165) is 11.1 Å². The van der Waals surface area contributed by atoms with Gasteiger partial charge >= 0.3 is 6.03 Å². The molecule has 3 rings (SSSR count). The number of benzene rings is 2. The minimum atomic E-state index is -0.302. The quantitative estimate of drug-likeness (QED) is 0.837. The Balaban J connectivity index is 1.40. The number of likely N-dealkylation sites (tertiary alicyclic amines) is 1. The molecule has 1 saturated heterocycles. The highest BCUT2D eigenvalue weighted by atomic mass is 19.1. The number of carbonyl (C=O) groups excluding carboxylic acids is 2. The molecule has 1 atom stereocenters. The molecular weight excluding hydrogens is 333 g/mol. The number of nitrogens with zero attached hydrogens (tertiary/aromatic N) is 1. The van der Waals surface area contributed by atoms with Gasteiger partial charge in [0.15, 0.2) is 0 Å². The van der Waals surface area contributed by atoms with E-state index in [-0.39, 0.29) is 23.7 Å². The van der Waals surface area contributed by atoms with Gasteiger partial charge in [0.2, 0.25) is 5.91 Å². The van der Waals surface area contributed by atoms with Crippen molar-refractivity contribution in [2.24, 2.45) is 5.92 Å². The van der Waals surface area contributed by atoms with E-state index < -0.39 is 0 Å². The van der Waals surface area contributed by atoms with Crippen LogP contribution in [0.3, 0.4) is 0 Å². The van der Waals surface area contributed by atoms with Gasteiger partial charge in [0.25, 0.3) is 0 Å². The molecule has 1 aliphatic heterocycles. The number of rotatable bonds is 6. The molecular formula is C20H22FN3O2. The summed E-state index contributed by atoms with van der Waals surface area (Å²) in [6.45, 7) is 2.03. The summed E-state index contributed by atoms with van der Waals surface area (Å²) in [5, 5.41) is 5.54. The fourth-order valence-electron chi connectivity index (χ4n) is 3.03. The highest BCUT2D eigenvalue weighted by molar-refractivity contribution is 5.79. The molecule has 2 aromatic rings. The van der Waals surface area contributed by atoms with Gasteiger partial charge in [0.1, 0.15) is 5.82 Å². The number of halogens is 1. The molecule has 26 heavy (non-hydrogen) atoms. The number of nitrogens with one attached hydrogen (secondary N) is 2. The topological polar surface area (TPSA) is 61.4 Å². The minimum Gasteiger partial charge on any atom is -0.338 e. The lowest BCUT2D eigenvalue weighted by molar-refractivity contribution is -0.128. The first kappa shape index (κ1) is 17.9. The van der Waals surface area contributed by atoms with E-state index in [2.05, 4.69) is 10.6 Å². The van der Waals surface area contributed by atoms with Crippen molar-refractivity contribution in [3.05, 3.63) is 71.5 Å². The van der Waals surface area contributed by atoms with Gasteiger partial charge < -0.3 is 15.5 Å². The summed E-state index contributed by atoms with van der Waals surface area (Å²) in [6, 6.07) is 15.6. The van der Waals surface area contributed by atoms with Crippen LogP contribution in [0.4, 0.5) is 9.18 Å². The summed E-state index contributed by atoms with van der Waals surface area (Å²) < 4.78 is 12.8. The van der Waals surface area contributed by atoms with Gasteiger partial charge in [-0.2, -0.15) is 0 Å². The van der Waals surface area contributed by atoms with E-state index in [0.29, 0.717) is 32.6 Å². The molecule has 0 unspecified atom stereocenters. The highest BCUT2D eigenvalue weighted by Crippen LogP contribution is 2.19. The number of amides is 3. The summed E-state index contributed by atoms with van der Waals surface area (Å²) >= 11 is 0. The predicted molar refractivity (Wildman–Crippen MR) is 96.6 cm³/mol. The second-order valence-electron chi connectivity index (χ2n) is 6.52. The van der Waals surface area contributed by atoms with Crippen molar-refractivity contribution in [2.75, 3.05) is 13.1 Å². The van der Waals surface area contributed by atoms with Crippen molar-refractivity contribution in [2.45, 2.75) is 19.5 Å². The van der Waals surface area contributed by atoms with Crippen LogP contribution in [0.5, 0.6) is 0 Å². The number of urea groups is 1. The van der Waals surface area contributed by atoms with Crippen molar-refractivity contribution in [1.29, 1.82) is 0 Å². The Morgan fingerprint density at radius 1 is 1.04 bits per heavy atom. The Labute approximate surface area is 152 Å². The average molecular weight is 355 g/mol. The zero-order chi connectivity index (χ0) is 18.4. The molecule has 0 spiro atoms. The molecule has 0 bridgehead atoms. The molecule has 2 N–H and O–H groups in total. The Hall–Kier alpha value is -2.89. The van der Waals surface area contributed by atoms with E-state index in [9.17, 15) is 14.0 Å². The van der Waals surface area contributed by atoms with Crippen LogP contribution in [0.25, 0.3) is 0 Å². The molecule has 0 saturated carbocycles. The molecule has 1 fully saturated rings. The van der Waals surface area contributed by atoms with Crippen LogP contribution < -0.4 is 10.6 Å². The molecule has 3 amide bonds. The van der Waals surface area contributed by atoms with Crippen LogP contribution in [-0.4, -0.2) is 29.9 Å². The Bertz CT molecular complexity index is 749. The molecule has 0 aromatic heterocycles. The zero-order valence-corrected chi connectivity index (χ0v) is 14.5. The van der Waals surface area contributed by atoms with Crippen molar-refractivity contribution < 1.29 is 14.0 Å². The molecule has 136 valence electrons. The van der Waals surface area contributed by atoms with Crippen molar-refractivity contribution in [3.63, 3.8) is 0 Å². The molecule has 2 aromatic carbocycles. The lowest BCUT2D eigenvalue weighted by Gasteiger charge is -2.17. The van der Waals surface area contributed by atoms with Crippen LogP contribution in [0.15, 0.2) is 54.6 Å². The van der Waals surface area contributed by atoms with E-state index >= 15 is 0 Å². The summed E-state index contributed by atoms with van der Waals surface area (Å²) in [5.41, 5.74) is 1.93. The Kier molecular flexibility index (Phi) is 5.84. The van der Waals surface area contributed by atoms with Gasteiger partial charge in [-0.25, -0.2) is 9.18 Å². The van der Waals surface area contributed by atoms with E-state index in [1.807, 2.05) is 35.2 Å². The van der Waals surface area contributed by atoms with Crippen LogP contribution in [0.1, 0.15) is 17.5 Å². The molecule has 0 radical (unpaired) electrons. The third-order valence-electron chi connectivity index (χ3n) is 4.43. The first-order valence-corrected chi connectivity index (χ1v) is 8.68. The van der Waals surface area contributed by atoms with Crippen molar-refractivity contribution >= 4 is 11.9 Å². The van der Waals surface area contributed by atoms with E-state index in [1.165, 1.54) is 12.1 Å². The maximum Gasteiger partial charge on any atom is 0.315 e. The summed E-state index contributed by atoms with van der Waals surface area (Å²) in [4.78, 5) is 25.9. The number of hydrogen-bond donors (Lipinski definition) is 2. The van der Waals surface area contributed by atoms with E-state index in [4.69, 9.17) is 0 Å². The van der Waals surface area contributed by atoms with Crippen molar-refractivity contribution in [1.82, 2.24) is 15.5 Å². The Morgan fingerprint density at radius 3 is 2.50 bits per heavy atom. The van der Waals surface area contributed by atoms with Gasteiger partial charge in [0, 0.05) is 38.5 Å². The SMILES string of the molecule is O=C(NCc1ccc(F)cc1)NC[C@H]1CC(=O)N(Cc2ccccc2)C1. The fraction of sp³-hybridized carbons (Fsp3) is 0.300. The van der Waals surface area contributed by atoms with Gasteiger partial charge in [-0.15, -0.1) is 0 Å². The maximum atomic E-state index is 12.8. The lowest BCUT2D eigenvalue weighted by atomic mass is 10.1. The summed E-state index contributed by atoms with van der Waals surface area (Å²) in [6.07, 6.45) is 0.449. The molecule has 5 nitrogen and oxygen atoms in total.